The lowest BCUT2D eigenvalue weighted by molar-refractivity contribution is 0.0945. The van der Waals surface area contributed by atoms with Crippen LogP contribution in [-0.4, -0.2) is 28.5 Å². The number of carbonyl (C=O) groups is 1. The van der Waals surface area contributed by atoms with Gasteiger partial charge in [-0.2, -0.15) is 0 Å². The number of carbonyl (C=O) groups excluding carboxylic acids is 1. The second-order valence-electron chi connectivity index (χ2n) is 5.52. The van der Waals surface area contributed by atoms with Gasteiger partial charge in [0.05, 0.1) is 6.61 Å². The van der Waals surface area contributed by atoms with Crippen LogP contribution in [0, 0.1) is 6.92 Å². The van der Waals surface area contributed by atoms with E-state index in [0.29, 0.717) is 30.0 Å². The maximum Gasteiger partial charge on any atom is 0.270 e. The number of amides is 1. The average molecular weight is 312 g/mol. The molecule has 1 aliphatic carbocycles. The van der Waals surface area contributed by atoms with Crippen molar-refractivity contribution in [1.82, 2.24) is 15.3 Å². The SMILES string of the molecule is CCOc1ccc(Nc2cc(C(=O)NC3CC3)nc(C)n2)cc1. The summed E-state index contributed by atoms with van der Waals surface area (Å²) in [6, 6.07) is 9.57. The molecule has 1 fully saturated rings. The van der Waals surface area contributed by atoms with Gasteiger partial charge < -0.3 is 15.4 Å². The van der Waals surface area contributed by atoms with Crippen LogP contribution in [0.15, 0.2) is 30.3 Å². The number of aromatic nitrogens is 2. The molecule has 0 unspecified atom stereocenters. The Kier molecular flexibility index (Phi) is 4.41. The average Bonchev–Trinajstić information content (AvgIpc) is 3.33. The summed E-state index contributed by atoms with van der Waals surface area (Å²) in [7, 11) is 0. The number of ether oxygens (including phenoxy) is 1. The molecule has 1 aromatic heterocycles. The highest BCUT2D eigenvalue weighted by molar-refractivity contribution is 5.93. The lowest BCUT2D eigenvalue weighted by Crippen LogP contribution is -2.26. The van der Waals surface area contributed by atoms with Crippen LogP contribution in [0.4, 0.5) is 11.5 Å². The number of anilines is 2. The summed E-state index contributed by atoms with van der Waals surface area (Å²) in [5, 5.41) is 6.13. The highest BCUT2D eigenvalue weighted by Crippen LogP contribution is 2.21. The van der Waals surface area contributed by atoms with Gasteiger partial charge in [0, 0.05) is 17.8 Å². The fourth-order valence-corrected chi connectivity index (χ4v) is 2.18. The Morgan fingerprint density at radius 2 is 2.00 bits per heavy atom. The van der Waals surface area contributed by atoms with Crippen molar-refractivity contribution in [2.75, 3.05) is 11.9 Å². The van der Waals surface area contributed by atoms with E-state index in [1.807, 2.05) is 31.2 Å². The first-order chi connectivity index (χ1) is 11.1. The van der Waals surface area contributed by atoms with Crippen LogP contribution < -0.4 is 15.4 Å². The number of rotatable bonds is 6. The Morgan fingerprint density at radius 3 is 2.65 bits per heavy atom. The van der Waals surface area contributed by atoms with Gasteiger partial charge in [0.15, 0.2) is 0 Å². The second-order valence-corrected chi connectivity index (χ2v) is 5.52. The molecule has 2 N–H and O–H groups in total. The van der Waals surface area contributed by atoms with Crippen LogP contribution in [0.1, 0.15) is 36.1 Å². The van der Waals surface area contributed by atoms with Crippen LogP contribution >= 0.6 is 0 Å². The van der Waals surface area contributed by atoms with Crippen LogP contribution in [0.2, 0.25) is 0 Å². The summed E-state index contributed by atoms with van der Waals surface area (Å²) in [5.74, 6) is 1.83. The van der Waals surface area contributed by atoms with Crippen molar-refractivity contribution < 1.29 is 9.53 Å². The maximum atomic E-state index is 12.1. The zero-order valence-electron chi connectivity index (χ0n) is 13.3. The molecule has 0 spiro atoms. The predicted octanol–water partition coefficient (Wildman–Crippen LogP) is 2.82. The first-order valence-electron chi connectivity index (χ1n) is 7.80. The van der Waals surface area contributed by atoms with E-state index in [2.05, 4.69) is 20.6 Å². The van der Waals surface area contributed by atoms with Crippen molar-refractivity contribution >= 4 is 17.4 Å². The monoisotopic (exact) mass is 312 g/mol. The molecule has 6 heteroatoms. The fourth-order valence-electron chi connectivity index (χ4n) is 2.18. The number of benzene rings is 1. The van der Waals surface area contributed by atoms with Crippen molar-refractivity contribution in [2.24, 2.45) is 0 Å². The Bertz CT molecular complexity index is 696. The van der Waals surface area contributed by atoms with Gasteiger partial charge in [-0.05, 0) is 51.0 Å². The standard InChI is InChI=1S/C17H20N4O2/c1-3-23-14-8-6-12(7-9-14)20-16-10-15(18-11(2)19-16)17(22)21-13-4-5-13/h6-10,13H,3-5H2,1-2H3,(H,21,22)(H,18,19,20). The number of nitrogens with zero attached hydrogens (tertiary/aromatic N) is 2. The van der Waals surface area contributed by atoms with Gasteiger partial charge >= 0.3 is 0 Å². The number of hydrogen-bond acceptors (Lipinski definition) is 5. The summed E-state index contributed by atoms with van der Waals surface area (Å²) < 4.78 is 5.42. The van der Waals surface area contributed by atoms with Crippen molar-refractivity contribution in [3.63, 3.8) is 0 Å². The van der Waals surface area contributed by atoms with Crippen LogP contribution in [0.3, 0.4) is 0 Å². The maximum absolute atomic E-state index is 12.1. The lowest BCUT2D eigenvalue weighted by atomic mass is 10.3. The van der Waals surface area contributed by atoms with Gasteiger partial charge in [0.1, 0.15) is 23.1 Å². The third-order valence-electron chi connectivity index (χ3n) is 3.42. The van der Waals surface area contributed by atoms with Gasteiger partial charge in [-0.25, -0.2) is 9.97 Å². The number of aryl methyl sites for hydroxylation is 1. The minimum Gasteiger partial charge on any atom is -0.494 e. The molecule has 0 saturated heterocycles. The molecule has 1 heterocycles. The molecule has 6 nitrogen and oxygen atoms in total. The molecular formula is C17H20N4O2. The Hall–Kier alpha value is -2.63. The predicted molar refractivity (Wildman–Crippen MR) is 88.2 cm³/mol. The molecule has 120 valence electrons. The van der Waals surface area contributed by atoms with Gasteiger partial charge in [-0.15, -0.1) is 0 Å². The molecule has 1 aliphatic rings. The molecule has 2 aromatic rings. The molecule has 0 radical (unpaired) electrons. The van der Waals surface area contributed by atoms with Crippen molar-refractivity contribution in [3.8, 4) is 5.75 Å². The van der Waals surface area contributed by atoms with E-state index in [0.717, 1.165) is 24.3 Å². The molecule has 23 heavy (non-hydrogen) atoms. The second kappa shape index (κ2) is 6.64. The summed E-state index contributed by atoms with van der Waals surface area (Å²) in [6.45, 7) is 4.36. The number of hydrogen-bond donors (Lipinski definition) is 2. The van der Waals surface area contributed by atoms with E-state index in [9.17, 15) is 4.79 Å². The topological polar surface area (TPSA) is 76.1 Å². The normalized spacial score (nSPS) is 13.5. The van der Waals surface area contributed by atoms with E-state index in [4.69, 9.17) is 4.74 Å². The van der Waals surface area contributed by atoms with Crippen LogP contribution in [0.5, 0.6) is 5.75 Å². The summed E-state index contributed by atoms with van der Waals surface area (Å²) >= 11 is 0. The summed E-state index contributed by atoms with van der Waals surface area (Å²) in [6.07, 6.45) is 2.10. The largest absolute Gasteiger partial charge is 0.494 e. The van der Waals surface area contributed by atoms with Crippen molar-refractivity contribution in [1.29, 1.82) is 0 Å². The van der Waals surface area contributed by atoms with E-state index in [-0.39, 0.29) is 5.91 Å². The molecule has 0 bridgehead atoms. The molecule has 0 aliphatic heterocycles. The van der Waals surface area contributed by atoms with E-state index in [1.165, 1.54) is 0 Å². The van der Waals surface area contributed by atoms with E-state index in [1.54, 1.807) is 13.0 Å². The highest BCUT2D eigenvalue weighted by atomic mass is 16.5. The molecule has 3 rings (SSSR count). The van der Waals surface area contributed by atoms with Gasteiger partial charge in [0.25, 0.3) is 5.91 Å². The summed E-state index contributed by atoms with van der Waals surface area (Å²) in [4.78, 5) is 20.7. The van der Waals surface area contributed by atoms with Crippen LogP contribution in [0.25, 0.3) is 0 Å². The highest BCUT2D eigenvalue weighted by Gasteiger charge is 2.24. The molecule has 0 atom stereocenters. The Labute approximate surface area is 135 Å². The van der Waals surface area contributed by atoms with E-state index >= 15 is 0 Å². The minimum atomic E-state index is -0.146. The van der Waals surface area contributed by atoms with Gasteiger partial charge in [-0.3, -0.25) is 4.79 Å². The van der Waals surface area contributed by atoms with Crippen molar-refractivity contribution in [2.45, 2.75) is 32.7 Å². The smallest absolute Gasteiger partial charge is 0.270 e. The first kappa shape index (κ1) is 15.3. The minimum absolute atomic E-state index is 0.146. The Morgan fingerprint density at radius 1 is 1.26 bits per heavy atom. The quantitative estimate of drug-likeness (QED) is 0.858. The molecule has 1 aromatic carbocycles. The molecule has 1 saturated carbocycles. The fraction of sp³-hybridized carbons (Fsp3) is 0.353. The van der Waals surface area contributed by atoms with Gasteiger partial charge in [0.2, 0.25) is 0 Å². The van der Waals surface area contributed by atoms with E-state index < -0.39 is 0 Å². The Balaban J connectivity index is 1.73. The third kappa shape index (κ3) is 4.18. The number of nitrogens with one attached hydrogen (secondary N) is 2. The zero-order chi connectivity index (χ0) is 16.2. The van der Waals surface area contributed by atoms with Crippen LogP contribution in [-0.2, 0) is 0 Å². The third-order valence-corrected chi connectivity index (χ3v) is 3.42. The van der Waals surface area contributed by atoms with Crippen molar-refractivity contribution in [3.05, 3.63) is 41.9 Å². The lowest BCUT2D eigenvalue weighted by Gasteiger charge is -2.10. The molecule has 1 amide bonds. The molecular weight excluding hydrogens is 292 g/mol. The van der Waals surface area contributed by atoms with Gasteiger partial charge in [-0.1, -0.05) is 0 Å². The first-order valence-corrected chi connectivity index (χ1v) is 7.80. The zero-order valence-corrected chi connectivity index (χ0v) is 13.3. The summed E-state index contributed by atoms with van der Waals surface area (Å²) in [5.41, 5.74) is 1.26.